The average Bonchev–Trinajstić information content (AvgIpc) is 3.01. The molecule has 0 aliphatic carbocycles. The van der Waals surface area contributed by atoms with Crippen molar-refractivity contribution in [2.45, 2.75) is 103 Å². The van der Waals surface area contributed by atoms with Crippen molar-refractivity contribution < 1.29 is 39.6 Å². The number of amides is 4. The van der Waals surface area contributed by atoms with Crippen LogP contribution in [0.4, 0.5) is 0 Å². The maximum absolute atomic E-state index is 12.1. The molecule has 0 bridgehead atoms. The summed E-state index contributed by atoms with van der Waals surface area (Å²) in [5.41, 5.74) is 0. The number of hydrogen-bond donors (Lipinski definition) is 4. The summed E-state index contributed by atoms with van der Waals surface area (Å²) >= 11 is 0. The zero-order valence-electron chi connectivity index (χ0n) is 26.9. The van der Waals surface area contributed by atoms with Gasteiger partial charge in [-0.2, -0.15) is 0 Å². The maximum atomic E-state index is 12.1. The van der Waals surface area contributed by atoms with Gasteiger partial charge in [-0.25, -0.2) is 15.2 Å². The van der Waals surface area contributed by atoms with E-state index in [9.17, 15) is 39.6 Å². The highest BCUT2D eigenvalue weighted by atomic mass is 16.5. The van der Waals surface area contributed by atoms with Gasteiger partial charge in [0, 0.05) is 71.8 Å². The van der Waals surface area contributed by atoms with E-state index in [1.54, 1.807) is 0 Å². The number of unbranched alkanes of at least 4 members (excludes halogenated alkanes) is 7. The first kappa shape index (κ1) is 41.5. The standard InChI is InChI=1S/C32H53N5O8/c1-4-22-34(23-5-2)24-12-9-15-27-37(45)32(42)20-18-30(40)33-21-11-8-14-26-36(44)31(41)19-17-29(39)16-10-6-7-13-25-35(43)28(3)38/h1-2,43-45H,6-27H2,3H3,(H,33,40). The zero-order chi connectivity index (χ0) is 33.9. The Bertz CT molecular complexity index is 962. The molecule has 0 heterocycles. The number of ketones is 1. The Balaban J connectivity index is 3.82. The van der Waals surface area contributed by atoms with E-state index in [2.05, 4.69) is 17.2 Å². The lowest BCUT2D eigenvalue weighted by Crippen LogP contribution is -2.31. The first-order valence-corrected chi connectivity index (χ1v) is 15.8. The Morgan fingerprint density at radius 3 is 1.60 bits per heavy atom. The van der Waals surface area contributed by atoms with Crippen LogP contribution in [0.15, 0.2) is 0 Å². The van der Waals surface area contributed by atoms with Crippen molar-refractivity contribution >= 4 is 29.4 Å². The quantitative estimate of drug-likeness (QED) is 0.0459. The number of hydrogen-bond acceptors (Lipinski definition) is 9. The van der Waals surface area contributed by atoms with E-state index in [1.807, 2.05) is 4.90 Å². The minimum atomic E-state index is -0.515. The lowest BCUT2D eigenvalue weighted by Gasteiger charge is -2.17. The highest BCUT2D eigenvalue weighted by Crippen LogP contribution is 2.08. The Morgan fingerprint density at radius 2 is 1.04 bits per heavy atom. The minimum absolute atomic E-state index is 0.0375. The Hall–Kier alpha value is -3.49. The van der Waals surface area contributed by atoms with E-state index < -0.39 is 17.7 Å². The Morgan fingerprint density at radius 1 is 0.578 bits per heavy atom. The smallest absolute Gasteiger partial charge is 0.246 e. The van der Waals surface area contributed by atoms with Crippen molar-refractivity contribution in [2.75, 3.05) is 45.8 Å². The molecule has 0 spiro atoms. The first-order chi connectivity index (χ1) is 21.5. The number of Topliss-reactive ketones (excluding diaryl/α,β-unsaturated/α-hetero) is 1. The summed E-state index contributed by atoms with van der Waals surface area (Å²) in [5.74, 6) is 3.34. The minimum Gasteiger partial charge on any atom is -0.356 e. The molecular weight excluding hydrogens is 582 g/mol. The number of carbonyl (C=O) groups is 5. The summed E-state index contributed by atoms with van der Waals surface area (Å²) < 4.78 is 0. The second-order valence-corrected chi connectivity index (χ2v) is 11.0. The molecule has 0 aliphatic heterocycles. The highest BCUT2D eigenvalue weighted by Gasteiger charge is 2.14. The molecule has 0 aromatic rings. The third kappa shape index (κ3) is 23.5. The molecule has 0 aliphatic rings. The van der Waals surface area contributed by atoms with Gasteiger partial charge in [0.05, 0.1) is 13.1 Å². The fourth-order valence-corrected chi connectivity index (χ4v) is 4.32. The van der Waals surface area contributed by atoms with E-state index in [4.69, 9.17) is 12.8 Å². The largest absolute Gasteiger partial charge is 0.356 e. The van der Waals surface area contributed by atoms with Crippen molar-refractivity contribution in [1.29, 1.82) is 0 Å². The van der Waals surface area contributed by atoms with E-state index in [1.165, 1.54) is 6.92 Å². The molecule has 0 aromatic heterocycles. The van der Waals surface area contributed by atoms with Crippen LogP contribution in [-0.4, -0.2) is 111 Å². The van der Waals surface area contributed by atoms with E-state index in [0.717, 1.165) is 32.2 Å². The normalized spacial score (nSPS) is 10.6. The van der Waals surface area contributed by atoms with Crippen molar-refractivity contribution in [3.05, 3.63) is 0 Å². The third-order valence-electron chi connectivity index (χ3n) is 7.04. The van der Waals surface area contributed by atoms with Gasteiger partial charge < -0.3 is 5.32 Å². The molecule has 0 atom stereocenters. The number of hydroxylamine groups is 6. The van der Waals surface area contributed by atoms with Crippen LogP contribution in [-0.2, 0) is 24.0 Å². The van der Waals surface area contributed by atoms with Gasteiger partial charge in [-0.05, 0) is 44.9 Å². The second kappa shape index (κ2) is 26.9. The van der Waals surface area contributed by atoms with Crippen LogP contribution in [0.5, 0.6) is 0 Å². The number of rotatable bonds is 27. The van der Waals surface area contributed by atoms with Gasteiger partial charge in [-0.15, -0.1) is 12.8 Å². The van der Waals surface area contributed by atoms with Crippen LogP contribution < -0.4 is 5.32 Å². The predicted molar refractivity (Wildman–Crippen MR) is 168 cm³/mol. The van der Waals surface area contributed by atoms with Gasteiger partial charge in [0.15, 0.2) is 0 Å². The topological polar surface area (TPSA) is 171 Å². The van der Waals surface area contributed by atoms with Gasteiger partial charge >= 0.3 is 0 Å². The van der Waals surface area contributed by atoms with Crippen molar-refractivity contribution in [3.63, 3.8) is 0 Å². The van der Waals surface area contributed by atoms with Crippen molar-refractivity contribution in [2.24, 2.45) is 0 Å². The molecule has 0 saturated heterocycles. The highest BCUT2D eigenvalue weighted by molar-refractivity contribution is 5.84. The third-order valence-corrected chi connectivity index (χ3v) is 7.04. The molecular formula is C32H53N5O8. The number of terminal acetylenes is 2. The fraction of sp³-hybridized carbons (Fsp3) is 0.719. The maximum Gasteiger partial charge on any atom is 0.246 e. The van der Waals surface area contributed by atoms with Gasteiger partial charge in [0.2, 0.25) is 23.6 Å². The molecule has 0 fully saturated rings. The number of nitrogens with zero attached hydrogens (tertiary/aromatic N) is 4. The van der Waals surface area contributed by atoms with Crippen LogP contribution >= 0.6 is 0 Å². The second-order valence-electron chi connectivity index (χ2n) is 11.0. The zero-order valence-corrected chi connectivity index (χ0v) is 26.9. The van der Waals surface area contributed by atoms with E-state index >= 15 is 0 Å². The summed E-state index contributed by atoms with van der Waals surface area (Å²) in [6, 6.07) is 0. The predicted octanol–water partition coefficient (Wildman–Crippen LogP) is 2.76. The lowest BCUT2D eigenvalue weighted by atomic mass is 10.1. The van der Waals surface area contributed by atoms with Crippen LogP contribution in [0, 0.1) is 24.7 Å². The Kier molecular flexibility index (Phi) is 24.8. The molecule has 0 radical (unpaired) electrons. The summed E-state index contributed by atoms with van der Waals surface area (Å²) in [6.07, 6.45) is 17.7. The van der Waals surface area contributed by atoms with Gasteiger partial charge in [0.25, 0.3) is 0 Å². The van der Waals surface area contributed by atoms with Crippen LogP contribution in [0.1, 0.15) is 103 Å². The van der Waals surface area contributed by atoms with Crippen LogP contribution in [0.2, 0.25) is 0 Å². The molecule has 0 saturated carbocycles. The average molecular weight is 636 g/mol. The SMILES string of the molecule is C#CCN(CC#C)CCCCCN(O)C(=O)CCC(=O)NCCCCCN(O)C(=O)CCC(=O)CCCCCCN(O)C(C)=O. The summed E-state index contributed by atoms with van der Waals surface area (Å²) in [4.78, 5) is 61.0. The molecule has 254 valence electrons. The number of nitrogens with one attached hydrogen (secondary N) is 1. The van der Waals surface area contributed by atoms with Gasteiger partial charge in [0.1, 0.15) is 5.78 Å². The summed E-state index contributed by atoms with van der Waals surface area (Å²) in [5, 5.41) is 33.8. The van der Waals surface area contributed by atoms with E-state index in [-0.39, 0.29) is 57.0 Å². The van der Waals surface area contributed by atoms with Crippen LogP contribution in [0.25, 0.3) is 0 Å². The molecule has 45 heavy (non-hydrogen) atoms. The molecule has 13 heteroatoms. The van der Waals surface area contributed by atoms with Crippen molar-refractivity contribution in [3.8, 4) is 24.7 Å². The number of carbonyl (C=O) groups excluding carboxylic acids is 5. The molecule has 4 amide bonds. The Labute approximate surface area is 268 Å². The van der Waals surface area contributed by atoms with Crippen LogP contribution in [0.3, 0.4) is 0 Å². The lowest BCUT2D eigenvalue weighted by molar-refractivity contribution is -0.166. The van der Waals surface area contributed by atoms with Gasteiger partial charge in [-0.3, -0.25) is 44.5 Å². The molecule has 13 nitrogen and oxygen atoms in total. The van der Waals surface area contributed by atoms with Gasteiger partial charge in [-0.1, -0.05) is 31.1 Å². The van der Waals surface area contributed by atoms with Crippen molar-refractivity contribution in [1.82, 2.24) is 25.4 Å². The monoisotopic (exact) mass is 635 g/mol. The first-order valence-electron chi connectivity index (χ1n) is 15.8. The molecule has 0 aromatic carbocycles. The molecule has 4 N–H and O–H groups in total. The summed E-state index contributed by atoms with van der Waals surface area (Å²) in [7, 11) is 0. The molecule has 0 unspecified atom stereocenters. The molecule has 0 rings (SSSR count). The fourth-order valence-electron chi connectivity index (χ4n) is 4.32. The summed E-state index contributed by atoms with van der Waals surface area (Å²) in [6.45, 7) is 3.93. The van der Waals surface area contributed by atoms with E-state index in [0.29, 0.717) is 79.8 Å².